The van der Waals surface area contributed by atoms with Crippen LogP contribution in [0.4, 0.5) is 13.2 Å². The number of rotatable bonds is 1. The molecule has 0 aliphatic carbocycles. The van der Waals surface area contributed by atoms with Gasteiger partial charge in [-0.25, -0.2) is 0 Å². The van der Waals surface area contributed by atoms with Crippen molar-refractivity contribution in [3.8, 4) is 0 Å². The molecule has 0 bridgehead atoms. The Morgan fingerprint density at radius 2 is 1.62 bits per heavy atom. The molecule has 1 aromatic rings. The van der Waals surface area contributed by atoms with Gasteiger partial charge in [-0.3, -0.25) is 0 Å². The predicted molar refractivity (Wildman–Crippen MR) is 40.9 cm³/mol. The predicted octanol–water partition coefficient (Wildman–Crippen LogP) is 2.07. The zero-order chi connectivity index (χ0) is 10.1. The molecule has 0 aromatic heterocycles. The first-order valence-corrected chi connectivity index (χ1v) is 4.46. The molecule has 0 saturated carbocycles. The molecule has 0 radical (unpaired) electrons. The zero-order valence-electron chi connectivity index (χ0n) is 6.25. The zero-order valence-corrected chi connectivity index (χ0v) is 7.14. The first-order chi connectivity index (χ1) is 5.91. The molecule has 0 aliphatic heterocycles. The van der Waals surface area contributed by atoms with Crippen LogP contribution in [0.25, 0.3) is 0 Å². The fraction of sp³-hybridized carbons (Fsp3) is 0.143. The maximum Gasteiger partial charge on any atom is 0.546 e. The fourth-order valence-electron chi connectivity index (χ4n) is 0.778. The van der Waals surface area contributed by atoms with Gasteiger partial charge >= 0.3 is 14.2 Å². The smallest absolute Gasteiger partial charge is 0.166 e. The normalized spacial score (nSPS) is 12.8. The van der Waals surface area contributed by atoms with Gasteiger partial charge in [0.1, 0.15) is 0 Å². The van der Waals surface area contributed by atoms with E-state index in [1.54, 1.807) is 0 Å². The Labute approximate surface area is 72.9 Å². The van der Waals surface area contributed by atoms with Gasteiger partial charge in [-0.1, -0.05) is 0 Å². The van der Waals surface area contributed by atoms with E-state index in [4.69, 9.17) is 4.89 Å². The standard InChI is InChI=1S/C7H4F3O2P/c8-7(9,10)5-1-3-6(4-2-5)13(11)12/h1-4H/p+1. The van der Waals surface area contributed by atoms with Gasteiger partial charge in [-0.15, -0.1) is 0 Å². The van der Waals surface area contributed by atoms with Crippen LogP contribution < -0.4 is 5.30 Å². The summed E-state index contributed by atoms with van der Waals surface area (Å²) < 4.78 is 46.4. The number of alkyl halides is 3. The highest BCUT2D eigenvalue weighted by atomic mass is 31.1. The summed E-state index contributed by atoms with van der Waals surface area (Å²) in [4.78, 5) is 8.55. The van der Waals surface area contributed by atoms with Crippen molar-refractivity contribution in [1.29, 1.82) is 0 Å². The Bertz CT molecular complexity index is 318. The van der Waals surface area contributed by atoms with E-state index in [2.05, 4.69) is 0 Å². The van der Waals surface area contributed by atoms with Crippen molar-refractivity contribution in [1.82, 2.24) is 0 Å². The van der Waals surface area contributed by atoms with Crippen molar-refractivity contribution in [3.05, 3.63) is 29.8 Å². The van der Waals surface area contributed by atoms with Crippen LogP contribution in [-0.2, 0) is 10.7 Å². The fourth-order valence-corrected chi connectivity index (χ4v) is 1.18. The van der Waals surface area contributed by atoms with Crippen molar-refractivity contribution >= 4 is 13.3 Å². The molecule has 1 unspecified atom stereocenters. The second-order valence-electron chi connectivity index (χ2n) is 2.32. The molecule has 0 saturated heterocycles. The molecule has 6 heteroatoms. The molecule has 0 spiro atoms. The molecule has 1 N–H and O–H groups in total. The van der Waals surface area contributed by atoms with Crippen LogP contribution in [0.5, 0.6) is 0 Å². The minimum atomic E-state index is -4.40. The van der Waals surface area contributed by atoms with Gasteiger partial charge in [-0.05, 0) is 28.8 Å². The Hall–Kier alpha value is -0.930. The molecule has 2 nitrogen and oxygen atoms in total. The van der Waals surface area contributed by atoms with Crippen LogP contribution in [0.3, 0.4) is 0 Å². The molecule has 0 aliphatic rings. The van der Waals surface area contributed by atoms with Crippen LogP contribution in [0.2, 0.25) is 0 Å². The van der Waals surface area contributed by atoms with Gasteiger partial charge in [0.15, 0.2) is 0 Å². The molecule has 0 fully saturated rings. The van der Waals surface area contributed by atoms with Crippen molar-refractivity contribution in [2.24, 2.45) is 0 Å². The van der Waals surface area contributed by atoms with Crippen molar-refractivity contribution < 1.29 is 22.6 Å². The van der Waals surface area contributed by atoms with Gasteiger partial charge in [-0.2, -0.15) is 18.1 Å². The molecule has 0 heterocycles. The van der Waals surface area contributed by atoms with E-state index in [1.165, 1.54) is 0 Å². The largest absolute Gasteiger partial charge is 0.546 e. The van der Waals surface area contributed by atoms with E-state index in [0.29, 0.717) is 0 Å². The molecule has 70 valence electrons. The average molecular weight is 209 g/mol. The molecular weight excluding hydrogens is 204 g/mol. The second-order valence-corrected chi connectivity index (χ2v) is 3.38. The first kappa shape index (κ1) is 10.2. The lowest BCUT2D eigenvalue weighted by Gasteiger charge is -2.04. The number of halogens is 3. The van der Waals surface area contributed by atoms with E-state index in [-0.39, 0.29) is 5.30 Å². The number of hydrogen-bond donors (Lipinski definition) is 1. The Balaban J connectivity index is 3.01. The van der Waals surface area contributed by atoms with Crippen molar-refractivity contribution in [3.63, 3.8) is 0 Å². The third-order valence-electron chi connectivity index (χ3n) is 1.42. The lowest BCUT2D eigenvalue weighted by atomic mass is 10.2. The van der Waals surface area contributed by atoms with Crippen LogP contribution in [0, 0.1) is 0 Å². The summed E-state index contributed by atoms with van der Waals surface area (Å²) in [5.41, 5.74) is -0.826. The van der Waals surface area contributed by atoms with Crippen LogP contribution in [0.1, 0.15) is 5.56 Å². The lowest BCUT2D eigenvalue weighted by Crippen LogP contribution is -2.06. The summed E-state index contributed by atoms with van der Waals surface area (Å²) in [7, 11) is -2.56. The quantitative estimate of drug-likeness (QED) is 0.718. The summed E-state index contributed by atoms with van der Waals surface area (Å²) in [5.74, 6) is 0. The maximum atomic E-state index is 12.0. The van der Waals surface area contributed by atoms with E-state index in [9.17, 15) is 17.7 Å². The van der Waals surface area contributed by atoms with Crippen LogP contribution in [0.15, 0.2) is 24.3 Å². The Morgan fingerprint density at radius 1 is 1.15 bits per heavy atom. The Kier molecular flexibility index (Phi) is 2.68. The van der Waals surface area contributed by atoms with Gasteiger partial charge in [0.2, 0.25) is 5.30 Å². The highest BCUT2D eigenvalue weighted by Gasteiger charge is 2.31. The maximum absolute atomic E-state index is 12.0. The molecule has 1 aromatic carbocycles. The van der Waals surface area contributed by atoms with E-state index < -0.39 is 19.8 Å². The summed E-state index contributed by atoms with van der Waals surface area (Å²) in [5, 5.41) is -0.0111. The van der Waals surface area contributed by atoms with Gasteiger partial charge in [0.05, 0.1) is 5.56 Å². The Morgan fingerprint density at radius 3 is 1.92 bits per heavy atom. The molecule has 1 rings (SSSR count). The summed E-state index contributed by atoms with van der Waals surface area (Å²) in [6.07, 6.45) is -4.40. The minimum Gasteiger partial charge on any atom is -0.166 e. The van der Waals surface area contributed by atoms with Gasteiger partial charge in [0.25, 0.3) is 0 Å². The molecule has 0 amide bonds. The van der Waals surface area contributed by atoms with Crippen molar-refractivity contribution in [2.75, 3.05) is 0 Å². The van der Waals surface area contributed by atoms with E-state index in [1.807, 2.05) is 0 Å². The second kappa shape index (κ2) is 3.44. The minimum absolute atomic E-state index is 0.0111. The third-order valence-corrected chi connectivity index (χ3v) is 2.16. The highest BCUT2D eigenvalue weighted by molar-refractivity contribution is 7.47. The van der Waals surface area contributed by atoms with Gasteiger partial charge in [0, 0.05) is 0 Å². The summed E-state index contributed by atoms with van der Waals surface area (Å²) >= 11 is 0. The van der Waals surface area contributed by atoms with Gasteiger partial charge < -0.3 is 0 Å². The summed E-state index contributed by atoms with van der Waals surface area (Å²) in [6.45, 7) is 0. The first-order valence-electron chi connectivity index (χ1n) is 3.24. The lowest BCUT2D eigenvalue weighted by molar-refractivity contribution is -0.137. The molecule has 1 atom stereocenters. The molecular formula is C7H5F3O2P+. The van der Waals surface area contributed by atoms with E-state index >= 15 is 0 Å². The van der Waals surface area contributed by atoms with Crippen LogP contribution in [-0.4, -0.2) is 4.89 Å². The molecule has 13 heavy (non-hydrogen) atoms. The van der Waals surface area contributed by atoms with Crippen LogP contribution >= 0.6 is 8.03 Å². The van der Waals surface area contributed by atoms with Crippen molar-refractivity contribution in [2.45, 2.75) is 6.18 Å². The highest BCUT2D eigenvalue weighted by Crippen LogP contribution is 2.29. The van der Waals surface area contributed by atoms with E-state index in [0.717, 1.165) is 24.3 Å². The monoisotopic (exact) mass is 209 g/mol. The average Bonchev–Trinajstić information content (AvgIpc) is 2.03. The number of benzene rings is 1. The number of hydrogen-bond acceptors (Lipinski definition) is 1. The SMILES string of the molecule is O=[P+](O)c1ccc(C(F)(F)F)cc1. The third kappa shape index (κ3) is 2.50. The topological polar surface area (TPSA) is 37.3 Å². The summed E-state index contributed by atoms with van der Waals surface area (Å²) in [6, 6.07) is 3.53.